The molecule has 0 amide bonds. The van der Waals surface area contributed by atoms with Gasteiger partial charge in [-0.3, -0.25) is 0 Å². The van der Waals surface area contributed by atoms with E-state index in [1.165, 1.54) is 132 Å². The summed E-state index contributed by atoms with van der Waals surface area (Å²) in [6.07, 6.45) is 25.2. The lowest BCUT2D eigenvalue weighted by molar-refractivity contribution is 0.339. The number of rotatable bonds is 23. The first-order valence-electron chi connectivity index (χ1n) is 17.5. The van der Waals surface area contributed by atoms with Gasteiger partial charge in [-0.1, -0.05) is 165 Å². The summed E-state index contributed by atoms with van der Waals surface area (Å²) in [5, 5.41) is 11.6. The van der Waals surface area contributed by atoms with E-state index >= 15 is 0 Å². The maximum atomic E-state index is 11.6. The van der Waals surface area contributed by atoms with Gasteiger partial charge in [-0.05, 0) is 59.8 Å². The van der Waals surface area contributed by atoms with Gasteiger partial charge in [-0.15, -0.1) is 11.8 Å². The van der Waals surface area contributed by atoms with Gasteiger partial charge in [0.1, 0.15) is 5.75 Å². The minimum absolute atomic E-state index is 0.159. The molecule has 2 unspecified atom stereocenters. The molecule has 0 fully saturated rings. The molecule has 234 valence electrons. The molecule has 0 saturated carbocycles. The third-order valence-electron chi connectivity index (χ3n) is 8.54. The first-order chi connectivity index (χ1) is 18.9. The second-order valence-electron chi connectivity index (χ2n) is 14.9. The lowest BCUT2D eigenvalue weighted by Gasteiger charge is -2.32. The molecule has 1 N–H and O–H groups in total. The lowest BCUT2D eigenvalue weighted by atomic mass is 9.86. The highest BCUT2D eigenvalue weighted by molar-refractivity contribution is 8.00. The zero-order valence-corrected chi connectivity index (χ0v) is 29.4. The van der Waals surface area contributed by atoms with Crippen LogP contribution in [0.3, 0.4) is 0 Å². The molecule has 0 saturated heterocycles. The normalized spacial score (nSPS) is 14.0. The van der Waals surface area contributed by atoms with E-state index in [9.17, 15) is 5.11 Å². The Hall–Kier alpha value is -0.630. The molecule has 1 rings (SSSR count). The summed E-state index contributed by atoms with van der Waals surface area (Å²) in [5.74, 6) is 1.40. The van der Waals surface area contributed by atoms with E-state index < -0.39 is 0 Å². The molecule has 0 bridgehead atoms. The van der Waals surface area contributed by atoms with Crippen LogP contribution in [0.1, 0.15) is 207 Å². The highest BCUT2D eigenvalue weighted by Gasteiger charge is 2.28. The fourth-order valence-corrected chi connectivity index (χ4v) is 8.09. The predicted molar refractivity (Wildman–Crippen MR) is 183 cm³/mol. The molecule has 0 heterocycles. The smallest absolute Gasteiger partial charge is 0.122 e. The molecule has 1 nitrogen and oxygen atoms in total. The Morgan fingerprint density at radius 2 is 0.950 bits per heavy atom. The molecule has 1 aromatic rings. The molecule has 0 aliphatic heterocycles. The summed E-state index contributed by atoms with van der Waals surface area (Å²) in [7, 11) is 0. The van der Waals surface area contributed by atoms with Crippen molar-refractivity contribution in [2.75, 3.05) is 0 Å². The number of phenols is 1. The van der Waals surface area contributed by atoms with Crippen molar-refractivity contribution in [1.29, 1.82) is 0 Å². The van der Waals surface area contributed by atoms with Gasteiger partial charge >= 0.3 is 0 Å². The zero-order chi connectivity index (χ0) is 30.0. The van der Waals surface area contributed by atoms with Crippen LogP contribution in [0, 0.1) is 5.41 Å². The molecular formula is C38H70OS. The lowest BCUT2D eigenvalue weighted by Crippen LogP contribution is -2.23. The van der Waals surface area contributed by atoms with Gasteiger partial charge in [0.2, 0.25) is 0 Å². The van der Waals surface area contributed by atoms with Crippen molar-refractivity contribution < 1.29 is 5.11 Å². The molecule has 1 aromatic carbocycles. The summed E-state index contributed by atoms with van der Waals surface area (Å²) < 4.78 is 0.159. The molecule has 0 radical (unpaired) electrons. The van der Waals surface area contributed by atoms with Gasteiger partial charge in [0, 0.05) is 9.64 Å². The number of thioether (sulfide) groups is 1. The Morgan fingerprint density at radius 3 is 1.30 bits per heavy atom. The van der Waals surface area contributed by atoms with Crippen LogP contribution in [-0.2, 0) is 0 Å². The summed E-state index contributed by atoms with van der Waals surface area (Å²) in [4.78, 5) is 1.35. The first-order valence-corrected chi connectivity index (χ1v) is 18.3. The molecule has 2 atom stereocenters. The van der Waals surface area contributed by atoms with Gasteiger partial charge in [-0.2, -0.15) is 0 Å². The first kappa shape index (κ1) is 37.4. The predicted octanol–water partition coefficient (Wildman–Crippen LogP) is 14.0. The van der Waals surface area contributed by atoms with Crippen LogP contribution in [0.25, 0.3) is 0 Å². The van der Waals surface area contributed by atoms with E-state index in [1.807, 2.05) is 11.8 Å². The van der Waals surface area contributed by atoms with Crippen LogP contribution in [-0.4, -0.2) is 9.85 Å². The van der Waals surface area contributed by atoms with Gasteiger partial charge in [0.05, 0.1) is 0 Å². The van der Waals surface area contributed by atoms with Gasteiger partial charge in [-0.25, -0.2) is 0 Å². The number of benzene rings is 1. The quantitative estimate of drug-likeness (QED) is 0.104. The highest BCUT2D eigenvalue weighted by atomic mass is 32.2. The van der Waals surface area contributed by atoms with Crippen LogP contribution in [0.15, 0.2) is 17.0 Å². The van der Waals surface area contributed by atoms with E-state index in [0.29, 0.717) is 23.0 Å². The second-order valence-corrected chi connectivity index (χ2v) is 16.7. The third kappa shape index (κ3) is 16.7. The van der Waals surface area contributed by atoms with E-state index in [-0.39, 0.29) is 4.75 Å². The van der Waals surface area contributed by atoms with Crippen molar-refractivity contribution in [2.24, 2.45) is 5.41 Å². The van der Waals surface area contributed by atoms with Gasteiger partial charge < -0.3 is 5.11 Å². The number of unbranched alkanes of at least 4 members (excludes halogenated alkanes) is 14. The summed E-state index contributed by atoms with van der Waals surface area (Å²) in [6, 6.07) is 4.68. The molecule has 0 spiro atoms. The largest absolute Gasteiger partial charge is 0.507 e. The van der Waals surface area contributed by atoms with E-state index in [2.05, 4.69) is 74.4 Å². The van der Waals surface area contributed by atoms with Crippen molar-refractivity contribution in [2.45, 2.75) is 206 Å². The van der Waals surface area contributed by atoms with E-state index in [0.717, 1.165) is 6.42 Å². The standard InChI is InChI=1S/C38H70OS/c1-10-12-14-16-18-20-22-24-26-31(3)34-28-33(40-38(8,9)30-37(5,6)7)29-35(36(34)39)32(4)27-25-23-21-19-17-15-13-11-2/h28-29,31-32,39H,10-27,30H2,1-9H3. The maximum Gasteiger partial charge on any atom is 0.122 e. The minimum atomic E-state index is 0.159. The maximum absolute atomic E-state index is 11.6. The van der Waals surface area contributed by atoms with Crippen molar-refractivity contribution in [1.82, 2.24) is 0 Å². The Balaban J connectivity index is 2.89. The van der Waals surface area contributed by atoms with Crippen molar-refractivity contribution in [3.8, 4) is 5.75 Å². The van der Waals surface area contributed by atoms with Crippen LogP contribution in [0.2, 0.25) is 0 Å². The summed E-state index contributed by atoms with van der Waals surface area (Å²) >= 11 is 2.02. The summed E-state index contributed by atoms with van der Waals surface area (Å²) in [6.45, 7) is 21.1. The Kier molecular flexibility index (Phi) is 19.0. The molecule has 0 aromatic heterocycles. The van der Waals surface area contributed by atoms with E-state index in [4.69, 9.17) is 0 Å². The molecule has 0 aliphatic rings. The van der Waals surface area contributed by atoms with Crippen LogP contribution < -0.4 is 0 Å². The highest BCUT2D eigenvalue weighted by Crippen LogP contribution is 2.45. The fraction of sp³-hybridized carbons (Fsp3) is 0.842. The SMILES string of the molecule is CCCCCCCCCCC(C)c1cc(SC(C)(C)CC(C)(C)C)cc(C(C)CCCCCCCCCC)c1O. The van der Waals surface area contributed by atoms with Crippen LogP contribution in [0.4, 0.5) is 0 Å². The average molecular weight is 575 g/mol. The Labute approximate surface area is 256 Å². The van der Waals surface area contributed by atoms with Crippen molar-refractivity contribution in [3.05, 3.63) is 23.3 Å². The molecule has 2 heteroatoms. The van der Waals surface area contributed by atoms with E-state index in [1.54, 1.807) is 0 Å². The topological polar surface area (TPSA) is 20.2 Å². The monoisotopic (exact) mass is 575 g/mol. The number of hydrogen-bond donors (Lipinski definition) is 1. The van der Waals surface area contributed by atoms with Crippen molar-refractivity contribution >= 4 is 11.8 Å². The number of phenolic OH excluding ortho intramolecular Hbond substituents is 1. The molecular weight excluding hydrogens is 504 g/mol. The minimum Gasteiger partial charge on any atom is -0.507 e. The number of hydrogen-bond acceptors (Lipinski definition) is 2. The fourth-order valence-electron chi connectivity index (χ4n) is 6.57. The number of aromatic hydroxyl groups is 1. The van der Waals surface area contributed by atoms with Crippen LogP contribution >= 0.6 is 11.8 Å². The third-order valence-corrected chi connectivity index (χ3v) is 9.70. The molecule has 0 aliphatic carbocycles. The Bertz CT molecular complexity index is 727. The average Bonchev–Trinajstić information content (AvgIpc) is 2.86. The molecule has 40 heavy (non-hydrogen) atoms. The summed E-state index contributed by atoms with van der Waals surface area (Å²) in [5.41, 5.74) is 2.68. The van der Waals surface area contributed by atoms with Crippen LogP contribution in [0.5, 0.6) is 5.75 Å². The van der Waals surface area contributed by atoms with Gasteiger partial charge in [0.15, 0.2) is 0 Å². The second kappa shape index (κ2) is 20.3. The van der Waals surface area contributed by atoms with Crippen molar-refractivity contribution in [3.63, 3.8) is 0 Å². The van der Waals surface area contributed by atoms with Gasteiger partial charge in [0.25, 0.3) is 0 Å². The Morgan fingerprint density at radius 1 is 0.600 bits per heavy atom. The zero-order valence-electron chi connectivity index (χ0n) is 28.6.